The summed E-state index contributed by atoms with van der Waals surface area (Å²) in [4.78, 5) is 15.1. The molecule has 0 saturated heterocycles. The lowest BCUT2D eigenvalue weighted by Crippen LogP contribution is -1.99. The lowest BCUT2D eigenvalue weighted by atomic mass is 9.86. The second kappa shape index (κ2) is 20.7. The maximum atomic E-state index is 5.30. The SMILES string of the molecule is c1ccc(-c2ccc(-c3cc(-c4ccc5c6ccccc6c6ccccc6c5c4)c(-c4ccccc4-c4cc(CCc5ccc(-c6ccccc6)nc5)cc(CCc5ccc(-c6ccccc6)nc5)c4)cn3)cc2)cc1. The van der Waals surface area contributed by atoms with Crippen LogP contribution in [0.3, 0.4) is 0 Å². The number of aromatic nitrogens is 3. The molecule has 0 amide bonds. The molecule has 0 radical (unpaired) electrons. The molecular weight excluding hydrogens is 919 g/mol. The van der Waals surface area contributed by atoms with Gasteiger partial charge in [-0.15, -0.1) is 0 Å². The van der Waals surface area contributed by atoms with E-state index in [1.807, 2.05) is 24.5 Å². The average molecular weight is 972 g/mol. The molecule has 3 heterocycles. The van der Waals surface area contributed by atoms with Gasteiger partial charge >= 0.3 is 0 Å². The van der Waals surface area contributed by atoms with Gasteiger partial charge in [-0.25, -0.2) is 0 Å². The topological polar surface area (TPSA) is 38.7 Å². The monoisotopic (exact) mass is 971 g/mol. The summed E-state index contributed by atoms with van der Waals surface area (Å²) < 4.78 is 0. The van der Waals surface area contributed by atoms with Gasteiger partial charge in [0.15, 0.2) is 0 Å². The van der Waals surface area contributed by atoms with Crippen molar-refractivity contribution in [3.8, 4) is 78.3 Å². The molecule has 0 atom stereocenters. The first kappa shape index (κ1) is 46.2. The van der Waals surface area contributed by atoms with Crippen molar-refractivity contribution in [1.29, 1.82) is 0 Å². The zero-order valence-electron chi connectivity index (χ0n) is 42.2. The van der Waals surface area contributed by atoms with Crippen LogP contribution in [0.4, 0.5) is 0 Å². The Hall–Kier alpha value is -9.57. The molecule has 0 unspecified atom stereocenters. The minimum absolute atomic E-state index is 0.880. The van der Waals surface area contributed by atoms with Gasteiger partial charge in [-0.2, -0.15) is 0 Å². The van der Waals surface area contributed by atoms with E-state index in [1.165, 1.54) is 76.8 Å². The van der Waals surface area contributed by atoms with Gasteiger partial charge in [0.25, 0.3) is 0 Å². The Bertz CT molecular complexity index is 4030. The molecule has 0 aliphatic rings. The second-order valence-corrected chi connectivity index (χ2v) is 19.8. The third kappa shape index (κ3) is 9.47. The lowest BCUT2D eigenvalue weighted by Gasteiger charge is -2.18. The lowest BCUT2D eigenvalue weighted by molar-refractivity contribution is 0.923. The van der Waals surface area contributed by atoms with Crippen LogP contribution < -0.4 is 0 Å². The standard InChI is InChI=1S/C73H53N3/c1-4-16-54(17-5-1)55-34-36-58(37-35-55)73-46-68(59-38-39-67-65-26-13-12-24-63(65)64-25-14-15-27-66(64)69(67)45-59)70(49-76-73)62-23-11-10-22-61(62)60-43-52(30-28-50-32-40-71(74-47-50)56-18-6-2-7-19-56)42-53(44-60)31-29-51-33-41-72(75-48-51)57-20-8-3-9-21-57/h1-27,32-49H,28-31H2. The Labute approximate surface area is 444 Å². The molecule has 0 bridgehead atoms. The molecule has 0 aliphatic carbocycles. The van der Waals surface area contributed by atoms with Gasteiger partial charge in [0.2, 0.25) is 0 Å². The molecule has 0 fully saturated rings. The molecule has 76 heavy (non-hydrogen) atoms. The normalized spacial score (nSPS) is 11.4. The number of fused-ring (bicyclic) bond motifs is 6. The van der Waals surface area contributed by atoms with Crippen molar-refractivity contribution in [1.82, 2.24) is 15.0 Å². The summed E-state index contributed by atoms with van der Waals surface area (Å²) in [5.74, 6) is 0. The summed E-state index contributed by atoms with van der Waals surface area (Å²) >= 11 is 0. The summed E-state index contributed by atoms with van der Waals surface area (Å²) in [7, 11) is 0. The quantitative estimate of drug-likeness (QED) is 0.108. The van der Waals surface area contributed by atoms with Gasteiger partial charge in [-0.3, -0.25) is 15.0 Å². The van der Waals surface area contributed by atoms with Crippen molar-refractivity contribution in [3.63, 3.8) is 0 Å². The zero-order valence-corrected chi connectivity index (χ0v) is 42.2. The van der Waals surface area contributed by atoms with Gasteiger partial charge in [0.05, 0.1) is 17.1 Å². The van der Waals surface area contributed by atoms with Crippen LogP contribution in [0.25, 0.3) is 111 Å². The average Bonchev–Trinajstić information content (AvgIpc) is 3.59. The maximum absolute atomic E-state index is 5.30. The van der Waals surface area contributed by atoms with E-state index in [0.29, 0.717) is 0 Å². The Morgan fingerprint density at radius 2 is 0.605 bits per heavy atom. The van der Waals surface area contributed by atoms with Crippen LogP contribution in [0.15, 0.2) is 273 Å². The van der Waals surface area contributed by atoms with Crippen LogP contribution in [-0.4, -0.2) is 15.0 Å². The van der Waals surface area contributed by atoms with Crippen LogP contribution in [0.5, 0.6) is 0 Å². The van der Waals surface area contributed by atoms with Crippen molar-refractivity contribution in [2.24, 2.45) is 0 Å². The molecule has 10 aromatic carbocycles. The number of nitrogens with zero attached hydrogens (tertiary/aromatic N) is 3. The second-order valence-electron chi connectivity index (χ2n) is 19.8. The van der Waals surface area contributed by atoms with E-state index in [9.17, 15) is 0 Å². The molecule has 0 aliphatic heterocycles. The Morgan fingerprint density at radius 1 is 0.197 bits per heavy atom. The summed E-state index contributed by atoms with van der Waals surface area (Å²) in [6.45, 7) is 0. The minimum atomic E-state index is 0.880. The van der Waals surface area contributed by atoms with E-state index < -0.39 is 0 Å². The fraction of sp³-hybridized carbons (Fsp3) is 0.0548. The number of rotatable bonds is 13. The van der Waals surface area contributed by atoms with Crippen molar-refractivity contribution in [3.05, 3.63) is 296 Å². The van der Waals surface area contributed by atoms with E-state index in [0.717, 1.165) is 81.7 Å². The first-order valence-electron chi connectivity index (χ1n) is 26.4. The van der Waals surface area contributed by atoms with Crippen LogP contribution in [0.1, 0.15) is 22.3 Å². The first-order valence-corrected chi connectivity index (χ1v) is 26.4. The van der Waals surface area contributed by atoms with Crippen LogP contribution >= 0.6 is 0 Å². The highest BCUT2D eigenvalue weighted by atomic mass is 14.7. The molecule has 3 heteroatoms. The molecule has 13 rings (SSSR count). The summed E-state index contributed by atoms with van der Waals surface area (Å²) in [6.07, 6.45) is 9.72. The number of aryl methyl sites for hydroxylation is 4. The highest BCUT2D eigenvalue weighted by Gasteiger charge is 2.18. The summed E-state index contributed by atoms with van der Waals surface area (Å²) in [5.41, 5.74) is 20.5. The maximum Gasteiger partial charge on any atom is 0.0708 e. The highest BCUT2D eigenvalue weighted by molar-refractivity contribution is 6.25. The third-order valence-electron chi connectivity index (χ3n) is 15.0. The molecule has 3 aromatic heterocycles. The molecule has 0 spiro atoms. The first-order chi connectivity index (χ1) is 37.6. The number of benzene rings is 10. The molecule has 13 aromatic rings. The zero-order chi connectivity index (χ0) is 50.6. The van der Waals surface area contributed by atoms with Crippen molar-refractivity contribution >= 4 is 32.3 Å². The molecule has 0 saturated carbocycles. The van der Waals surface area contributed by atoms with Crippen molar-refractivity contribution in [2.45, 2.75) is 25.7 Å². The molecule has 0 N–H and O–H groups in total. The van der Waals surface area contributed by atoms with Crippen LogP contribution in [-0.2, 0) is 25.7 Å². The van der Waals surface area contributed by atoms with Gasteiger partial charge in [0, 0.05) is 40.8 Å². The van der Waals surface area contributed by atoms with Crippen molar-refractivity contribution in [2.75, 3.05) is 0 Å². The Morgan fingerprint density at radius 3 is 1.14 bits per heavy atom. The number of hydrogen-bond acceptors (Lipinski definition) is 3. The summed E-state index contributed by atoms with van der Waals surface area (Å²) in [5, 5.41) is 7.54. The van der Waals surface area contributed by atoms with Crippen molar-refractivity contribution < 1.29 is 0 Å². The molecule has 3 nitrogen and oxygen atoms in total. The fourth-order valence-electron chi connectivity index (χ4n) is 11.1. The van der Waals surface area contributed by atoms with E-state index in [1.54, 1.807) is 0 Å². The Kier molecular flexibility index (Phi) is 12.6. The Balaban J connectivity index is 0.914. The van der Waals surface area contributed by atoms with Gasteiger partial charge < -0.3 is 0 Å². The van der Waals surface area contributed by atoms with E-state index in [2.05, 4.69) is 249 Å². The van der Waals surface area contributed by atoms with E-state index in [-0.39, 0.29) is 0 Å². The molecular formula is C73H53N3. The summed E-state index contributed by atoms with van der Waals surface area (Å²) in [6, 6.07) is 92.1. The fourth-order valence-corrected chi connectivity index (χ4v) is 11.1. The van der Waals surface area contributed by atoms with Crippen LogP contribution in [0, 0.1) is 0 Å². The number of pyridine rings is 3. The van der Waals surface area contributed by atoms with Gasteiger partial charge in [-0.05, 0) is 143 Å². The largest absolute Gasteiger partial charge is 0.256 e. The predicted octanol–water partition coefficient (Wildman–Crippen LogP) is 18.6. The minimum Gasteiger partial charge on any atom is -0.256 e. The predicted molar refractivity (Wildman–Crippen MR) is 318 cm³/mol. The van der Waals surface area contributed by atoms with Gasteiger partial charge in [0.1, 0.15) is 0 Å². The highest BCUT2D eigenvalue weighted by Crippen LogP contribution is 2.43. The van der Waals surface area contributed by atoms with E-state index in [4.69, 9.17) is 15.0 Å². The van der Waals surface area contributed by atoms with E-state index >= 15 is 0 Å². The molecule has 360 valence electrons. The smallest absolute Gasteiger partial charge is 0.0708 e. The van der Waals surface area contributed by atoms with Crippen LogP contribution in [0.2, 0.25) is 0 Å². The van der Waals surface area contributed by atoms with Gasteiger partial charge in [-0.1, -0.05) is 231 Å². The number of hydrogen-bond donors (Lipinski definition) is 0. The third-order valence-corrected chi connectivity index (χ3v) is 15.0.